The summed E-state index contributed by atoms with van der Waals surface area (Å²) in [4.78, 5) is 28.6. The van der Waals surface area contributed by atoms with Crippen LogP contribution in [0.3, 0.4) is 0 Å². The van der Waals surface area contributed by atoms with Crippen LogP contribution in [-0.4, -0.2) is 64.1 Å². The molecule has 1 saturated heterocycles. The molecule has 0 saturated carbocycles. The number of hydrogen-bond donors (Lipinski definition) is 1. The molecular weight excluding hydrogens is 398 g/mol. The van der Waals surface area contributed by atoms with E-state index in [0.29, 0.717) is 67.7 Å². The summed E-state index contributed by atoms with van der Waals surface area (Å²) in [5, 5.41) is 9.91. The Hall–Kier alpha value is -3.04. The Labute approximate surface area is 180 Å². The van der Waals surface area contributed by atoms with Gasteiger partial charge in [-0.25, -0.2) is 9.97 Å². The molecule has 9 heteroatoms. The molecule has 0 aliphatic carbocycles. The second-order valence-corrected chi connectivity index (χ2v) is 7.54. The Balaban J connectivity index is 1.77. The number of hydrogen-bond acceptors (Lipinski definition) is 8. The number of pyridine rings is 2. The molecule has 0 spiro atoms. The summed E-state index contributed by atoms with van der Waals surface area (Å²) in [5.41, 5.74) is 2.63. The van der Waals surface area contributed by atoms with Crippen molar-refractivity contribution in [3.8, 4) is 17.1 Å². The lowest BCUT2D eigenvalue weighted by Gasteiger charge is -2.19. The maximum absolute atomic E-state index is 13.3. The molecule has 0 amide bonds. The van der Waals surface area contributed by atoms with Gasteiger partial charge in [-0.3, -0.25) is 9.78 Å². The molecule has 0 radical (unpaired) electrons. The van der Waals surface area contributed by atoms with Crippen LogP contribution in [0.25, 0.3) is 22.3 Å². The first kappa shape index (κ1) is 21.2. The van der Waals surface area contributed by atoms with Gasteiger partial charge < -0.3 is 24.0 Å². The van der Waals surface area contributed by atoms with E-state index < -0.39 is 6.10 Å². The molecule has 9 nitrogen and oxygen atoms in total. The third-order valence-corrected chi connectivity index (χ3v) is 5.33. The number of nitrogens with zero attached hydrogens (tertiary/aromatic N) is 5. The Morgan fingerprint density at radius 3 is 2.77 bits per heavy atom. The van der Waals surface area contributed by atoms with E-state index in [9.17, 15) is 9.90 Å². The second kappa shape index (κ2) is 9.40. The number of aliphatic hydroxyl groups is 1. The van der Waals surface area contributed by atoms with Crippen LogP contribution in [0.5, 0.6) is 5.88 Å². The molecule has 1 aliphatic rings. The highest BCUT2D eigenvalue weighted by atomic mass is 16.5. The van der Waals surface area contributed by atoms with Crippen molar-refractivity contribution in [3.05, 3.63) is 40.9 Å². The minimum Gasteiger partial charge on any atom is -0.481 e. The number of fused-ring (bicyclic) bond motifs is 1. The zero-order valence-corrected chi connectivity index (χ0v) is 17.8. The fourth-order valence-corrected chi connectivity index (χ4v) is 3.71. The van der Waals surface area contributed by atoms with Gasteiger partial charge in [-0.05, 0) is 25.0 Å². The summed E-state index contributed by atoms with van der Waals surface area (Å²) in [7, 11) is 1.57. The molecule has 0 bridgehead atoms. The van der Waals surface area contributed by atoms with Crippen LogP contribution < -0.4 is 15.2 Å². The quantitative estimate of drug-likeness (QED) is 0.546. The fourth-order valence-electron chi connectivity index (χ4n) is 3.71. The fraction of sp³-hybridized carbons (Fsp3) is 0.455. The first-order valence-corrected chi connectivity index (χ1v) is 10.5. The summed E-state index contributed by atoms with van der Waals surface area (Å²) >= 11 is 0. The maximum atomic E-state index is 13.3. The monoisotopic (exact) mass is 425 g/mol. The van der Waals surface area contributed by atoms with Crippen molar-refractivity contribution >= 4 is 16.9 Å². The number of anilines is 1. The van der Waals surface area contributed by atoms with Crippen molar-refractivity contribution in [1.82, 2.24) is 19.5 Å². The summed E-state index contributed by atoms with van der Waals surface area (Å²) in [6.07, 6.45) is 4.46. The molecule has 4 rings (SSSR count). The van der Waals surface area contributed by atoms with Gasteiger partial charge in [0, 0.05) is 44.1 Å². The van der Waals surface area contributed by atoms with Crippen LogP contribution >= 0.6 is 0 Å². The second-order valence-electron chi connectivity index (χ2n) is 7.54. The van der Waals surface area contributed by atoms with Gasteiger partial charge in [-0.2, -0.15) is 0 Å². The lowest BCUT2D eigenvalue weighted by atomic mass is 10.2. The third-order valence-electron chi connectivity index (χ3n) is 5.33. The van der Waals surface area contributed by atoms with E-state index in [1.54, 1.807) is 30.1 Å². The maximum Gasteiger partial charge on any atom is 0.294 e. The molecule has 164 valence electrons. The van der Waals surface area contributed by atoms with Gasteiger partial charge in [-0.15, -0.1) is 0 Å². The van der Waals surface area contributed by atoms with E-state index in [1.165, 1.54) is 0 Å². The first-order valence-electron chi connectivity index (χ1n) is 10.5. The minimum absolute atomic E-state index is 0.188. The molecule has 1 fully saturated rings. The van der Waals surface area contributed by atoms with Crippen LogP contribution in [0.1, 0.15) is 19.8 Å². The SMILES string of the molecule is CCCOCCn1c(=O)c(N2CC[C@H](O)C2)nc2cnc(-c3ccc(OC)nc3)cc21. The Morgan fingerprint density at radius 1 is 1.23 bits per heavy atom. The van der Waals surface area contributed by atoms with Gasteiger partial charge in [0.15, 0.2) is 5.82 Å². The van der Waals surface area contributed by atoms with Crippen molar-refractivity contribution in [2.45, 2.75) is 32.4 Å². The molecule has 0 aromatic carbocycles. The number of aromatic nitrogens is 4. The normalized spacial score (nSPS) is 16.2. The number of β-amino-alcohol motifs (C(OH)–C–C–N with tert-alkyl or cyclic N) is 1. The van der Waals surface area contributed by atoms with E-state index in [1.807, 2.05) is 24.0 Å². The van der Waals surface area contributed by atoms with Crippen molar-refractivity contribution < 1.29 is 14.6 Å². The molecule has 3 aromatic rings. The van der Waals surface area contributed by atoms with Crippen LogP contribution in [0.2, 0.25) is 0 Å². The van der Waals surface area contributed by atoms with Crippen molar-refractivity contribution in [2.75, 3.05) is 38.3 Å². The lowest BCUT2D eigenvalue weighted by Crippen LogP contribution is -2.33. The topological polar surface area (TPSA) is 103 Å². The zero-order valence-electron chi connectivity index (χ0n) is 17.8. The Kier molecular flexibility index (Phi) is 6.43. The van der Waals surface area contributed by atoms with E-state index in [4.69, 9.17) is 9.47 Å². The minimum atomic E-state index is -0.443. The smallest absolute Gasteiger partial charge is 0.294 e. The summed E-state index contributed by atoms with van der Waals surface area (Å²) in [5.74, 6) is 0.869. The predicted octanol–water partition coefficient (Wildman–Crippen LogP) is 1.86. The summed E-state index contributed by atoms with van der Waals surface area (Å²) < 4.78 is 12.5. The van der Waals surface area contributed by atoms with Crippen LogP contribution in [0.15, 0.2) is 35.4 Å². The van der Waals surface area contributed by atoms with Crippen LogP contribution in [-0.2, 0) is 11.3 Å². The Bertz CT molecular complexity index is 1100. The third kappa shape index (κ3) is 4.52. The highest BCUT2D eigenvalue weighted by Gasteiger charge is 2.25. The van der Waals surface area contributed by atoms with Gasteiger partial charge in [-0.1, -0.05) is 6.92 Å². The van der Waals surface area contributed by atoms with E-state index in [0.717, 1.165) is 12.0 Å². The van der Waals surface area contributed by atoms with E-state index in [2.05, 4.69) is 15.0 Å². The molecule has 1 N–H and O–H groups in total. The number of aliphatic hydroxyl groups excluding tert-OH is 1. The summed E-state index contributed by atoms with van der Waals surface area (Å²) in [6, 6.07) is 5.50. The highest BCUT2D eigenvalue weighted by Crippen LogP contribution is 2.23. The van der Waals surface area contributed by atoms with Crippen LogP contribution in [0.4, 0.5) is 5.82 Å². The number of ether oxygens (including phenoxy) is 2. The average molecular weight is 425 g/mol. The largest absolute Gasteiger partial charge is 0.481 e. The molecule has 31 heavy (non-hydrogen) atoms. The molecule has 4 heterocycles. The van der Waals surface area contributed by atoms with E-state index in [-0.39, 0.29) is 5.56 Å². The molecule has 3 aromatic heterocycles. The van der Waals surface area contributed by atoms with Crippen LogP contribution in [0, 0.1) is 0 Å². The van der Waals surface area contributed by atoms with Gasteiger partial charge >= 0.3 is 0 Å². The molecule has 1 atom stereocenters. The predicted molar refractivity (Wildman–Crippen MR) is 118 cm³/mol. The lowest BCUT2D eigenvalue weighted by molar-refractivity contribution is 0.127. The molecule has 0 unspecified atom stereocenters. The number of methoxy groups -OCH3 is 1. The number of rotatable bonds is 8. The van der Waals surface area contributed by atoms with Gasteiger partial charge in [0.2, 0.25) is 5.88 Å². The van der Waals surface area contributed by atoms with Crippen molar-refractivity contribution in [2.24, 2.45) is 0 Å². The molecule has 1 aliphatic heterocycles. The van der Waals surface area contributed by atoms with Gasteiger partial charge in [0.25, 0.3) is 5.56 Å². The Morgan fingerprint density at radius 2 is 2.10 bits per heavy atom. The van der Waals surface area contributed by atoms with E-state index >= 15 is 0 Å². The average Bonchev–Trinajstić information content (AvgIpc) is 3.23. The molecular formula is C22H27N5O4. The summed E-state index contributed by atoms with van der Waals surface area (Å²) in [6.45, 7) is 4.54. The van der Waals surface area contributed by atoms with Crippen molar-refractivity contribution in [1.29, 1.82) is 0 Å². The standard InChI is InChI=1S/C22H27N5O4/c1-3-9-31-10-8-27-19-11-17(15-4-5-20(30-2)24-12-15)23-13-18(19)25-21(22(27)29)26-7-6-16(28)14-26/h4-5,11-13,16,28H,3,6-10,14H2,1-2H3/t16-/m0/s1. The van der Waals surface area contributed by atoms with Gasteiger partial charge in [0.05, 0.1) is 37.2 Å². The first-order chi connectivity index (χ1) is 15.1. The van der Waals surface area contributed by atoms with Gasteiger partial charge in [0.1, 0.15) is 5.52 Å². The zero-order chi connectivity index (χ0) is 21.8. The van der Waals surface area contributed by atoms with Crippen molar-refractivity contribution in [3.63, 3.8) is 0 Å². The highest BCUT2D eigenvalue weighted by molar-refractivity contribution is 5.80.